The average molecular weight is 971 g/mol. The summed E-state index contributed by atoms with van der Waals surface area (Å²) >= 11 is 0. The fraction of sp³-hybridized carbons (Fsp3) is 0.113. The Labute approximate surface area is 381 Å². The van der Waals surface area contributed by atoms with E-state index in [0.29, 0.717) is 45.1 Å². The third-order valence-corrected chi connectivity index (χ3v) is 9.82. The number of hydrogen-bond donors (Lipinski definition) is 0. The predicted molar refractivity (Wildman–Crippen MR) is 237 cm³/mol. The van der Waals surface area contributed by atoms with Crippen LogP contribution in [0.5, 0.6) is 11.5 Å². The van der Waals surface area contributed by atoms with Gasteiger partial charge in [-0.3, -0.25) is 4.57 Å². The standard InChI is InChI=1S/C53H41N5O.Pt/c1-36-50(59-41-26-27-45-44-20-11-12-23-46(44)58(49(45)32-41)51-30-37(28-29-54-51)33-53(2,3)4)31-40(34-55-36)56-35-57(48-25-14-13-24-47(48)56)52-42(38-16-7-5-8-17-38)21-15-22-43(52)39-18-9-6-10-19-39;/h5-30,34H,33H2,1-4H3;/q-2;/i5D,6D,7D,8D,9D,10D,16D,17D,18D,19D,33D2;. The first kappa shape index (κ1) is 27.2. The van der Waals surface area contributed by atoms with Gasteiger partial charge in [-0.05, 0) is 74.6 Å². The Morgan fingerprint density at radius 2 is 1.43 bits per heavy atom. The van der Waals surface area contributed by atoms with E-state index in [2.05, 4.69) is 18.5 Å². The zero-order valence-corrected chi connectivity index (χ0v) is 35.0. The fourth-order valence-electron chi connectivity index (χ4n) is 7.36. The van der Waals surface area contributed by atoms with Gasteiger partial charge < -0.3 is 18.9 Å². The number of aryl methyl sites for hydroxylation is 1. The number of nitrogens with zero attached hydrogens (tertiary/aromatic N) is 5. The fourth-order valence-corrected chi connectivity index (χ4v) is 7.36. The molecule has 0 unspecified atom stereocenters. The molecule has 0 aliphatic heterocycles. The zero-order chi connectivity index (χ0) is 50.6. The summed E-state index contributed by atoms with van der Waals surface area (Å²) in [6, 6.07) is 28.2. The number of imidazole rings is 1. The summed E-state index contributed by atoms with van der Waals surface area (Å²) < 4.78 is 117. The van der Waals surface area contributed by atoms with Crippen LogP contribution >= 0.6 is 0 Å². The Morgan fingerprint density at radius 3 is 2.15 bits per heavy atom. The molecule has 10 rings (SSSR count). The van der Waals surface area contributed by atoms with Crippen LogP contribution in [0.2, 0.25) is 0 Å². The van der Waals surface area contributed by atoms with E-state index in [1.807, 2.05) is 61.7 Å². The molecule has 4 aromatic heterocycles. The second kappa shape index (κ2) is 15.9. The number of benzene rings is 6. The van der Waals surface area contributed by atoms with Crippen LogP contribution in [-0.4, -0.2) is 19.1 Å². The Morgan fingerprint density at radius 1 is 0.750 bits per heavy atom. The molecule has 0 bridgehead atoms. The maximum Gasteiger partial charge on any atom is 0.268 e. The van der Waals surface area contributed by atoms with Crippen molar-refractivity contribution in [3.63, 3.8) is 0 Å². The van der Waals surface area contributed by atoms with Gasteiger partial charge in [-0.15, -0.1) is 23.6 Å². The molecule has 0 amide bonds. The van der Waals surface area contributed by atoms with Crippen LogP contribution in [0.1, 0.15) is 48.5 Å². The molecule has 7 heteroatoms. The molecule has 10 aromatic rings. The first-order valence-corrected chi connectivity index (χ1v) is 18.9. The molecule has 0 N–H and O–H groups in total. The van der Waals surface area contributed by atoms with E-state index in [9.17, 15) is 0 Å². The molecule has 0 atom stereocenters. The first-order valence-electron chi connectivity index (χ1n) is 24.9. The van der Waals surface area contributed by atoms with Crippen LogP contribution in [0.4, 0.5) is 0 Å². The van der Waals surface area contributed by atoms with Crippen molar-refractivity contribution in [3.05, 3.63) is 194 Å². The molecule has 4 heterocycles. The number of rotatable bonds is 8. The summed E-state index contributed by atoms with van der Waals surface area (Å²) in [6.07, 6.45) is 4.87. The smallest absolute Gasteiger partial charge is 0.268 e. The van der Waals surface area contributed by atoms with Gasteiger partial charge in [-0.1, -0.05) is 160 Å². The van der Waals surface area contributed by atoms with Crippen molar-refractivity contribution in [3.8, 4) is 50.9 Å². The predicted octanol–water partition coefficient (Wildman–Crippen LogP) is 12.2. The summed E-state index contributed by atoms with van der Waals surface area (Å²) in [5.74, 6) is 1.08. The van der Waals surface area contributed by atoms with E-state index < -0.39 is 72.2 Å². The second-order valence-corrected chi connectivity index (χ2v) is 15.0. The normalized spacial score (nSPS) is 14.7. The molecule has 6 nitrogen and oxygen atoms in total. The molecule has 0 aliphatic carbocycles. The third-order valence-electron chi connectivity index (χ3n) is 9.82. The molecular weight excluding hydrogens is 918 g/mol. The first-order chi connectivity index (χ1) is 33.7. The van der Waals surface area contributed by atoms with Crippen molar-refractivity contribution in [2.75, 3.05) is 0 Å². The molecular formula is C53H41N5OPt-2. The summed E-state index contributed by atoms with van der Waals surface area (Å²) in [6.45, 7) is 7.35. The minimum absolute atomic E-state index is 0. The summed E-state index contributed by atoms with van der Waals surface area (Å²) in [4.78, 5) is 9.41. The van der Waals surface area contributed by atoms with Gasteiger partial charge in [0.15, 0.2) is 0 Å². The molecule has 0 saturated heterocycles. The number of para-hydroxylation sites is 4. The van der Waals surface area contributed by atoms with Gasteiger partial charge in [0.2, 0.25) is 0 Å². The van der Waals surface area contributed by atoms with E-state index >= 15 is 0 Å². The van der Waals surface area contributed by atoms with E-state index in [1.54, 1.807) is 83.0 Å². The van der Waals surface area contributed by atoms with E-state index in [0.717, 1.165) is 16.3 Å². The van der Waals surface area contributed by atoms with Crippen molar-refractivity contribution >= 4 is 32.8 Å². The van der Waals surface area contributed by atoms with E-state index in [-0.39, 0.29) is 54.8 Å². The van der Waals surface area contributed by atoms with Gasteiger partial charge >= 0.3 is 0 Å². The molecule has 296 valence electrons. The minimum atomic E-state index is -1.67. The van der Waals surface area contributed by atoms with Crippen LogP contribution < -0.4 is 9.30 Å². The average Bonchev–Trinajstić information content (AvgIpc) is 3.90. The summed E-state index contributed by atoms with van der Waals surface area (Å²) in [7, 11) is 0. The summed E-state index contributed by atoms with van der Waals surface area (Å²) in [5.41, 5.74) is 3.17. The van der Waals surface area contributed by atoms with Crippen LogP contribution in [0.25, 0.3) is 72.3 Å². The van der Waals surface area contributed by atoms with Crippen molar-refractivity contribution in [1.82, 2.24) is 19.1 Å². The number of pyridine rings is 2. The molecule has 60 heavy (non-hydrogen) atoms. The molecule has 0 aliphatic rings. The zero-order valence-electron chi connectivity index (χ0n) is 44.8. The largest absolute Gasteiger partial charge is 0.508 e. The minimum Gasteiger partial charge on any atom is -0.508 e. The molecule has 0 radical (unpaired) electrons. The molecule has 0 spiro atoms. The Kier molecular flexibility index (Phi) is 7.19. The van der Waals surface area contributed by atoms with Crippen LogP contribution in [0.15, 0.2) is 164 Å². The molecule has 0 fully saturated rings. The van der Waals surface area contributed by atoms with Crippen molar-refractivity contribution < 1.29 is 46.8 Å². The number of hydrogen-bond acceptors (Lipinski definition) is 3. The Hall–Kier alpha value is -6.62. The quantitative estimate of drug-likeness (QED) is 0.113. The van der Waals surface area contributed by atoms with Crippen LogP contribution in [0.3, 0.4) is 0 Å². The van der Waals surface area contributed by atoms with Gasteiger partial charge in [-0.2, -0.15) is 6.07 Å². The van der Waals surface area contributed by atoms with E-state index in [1.165, 1.54) is 0 Å². The topological polar surface area (TPSA) is 48.8 Å². The molecule has 6 aromatic carbocycles. The van der Waals surface area contributed by atoms with Gasteiger partial charge in [0.25, 0.3) is 6.33 Å². The molecule has 0 saturated carbocycles. The monoisotopic (exact) mass is 970 g/mol. The number of fused-ring (bicyclic) bond motifs is 4. The SMILES string of the molecule is [2H]c1c([2H])c([2H])c(-c2cccc(-c3c([2H])c([2H])c([2H])c([2H])c3[2H])c2-[n+]2[c-]n(-c3[c-]c(Oc4[c-]c5c(cc4)c4ccccc4n5-c4cc(C([2H])([2H])C(C)(C)C)ccn4)c(C)nc3)c3ccccc32)c([2H])c1[2H].[Pt]. The third kappa shape index (κ3) is 7.22. The Balaban J connectivity index is 0.00000640. The van der Waals surface area contributed by atoms with Gasteiger partial charge in [0, 0.05) is 47.0 Å². The van der Waals surface area contributed by atoms with Crippen LogP contribution in [-0.2, 0) is 27.4 Å². The maximum absolute atomic E-state index is 9.00. The van der Waals surface area contributed by atoms with Gasteiger partial charge in [0.05, 0.1) is 30.4 Å². The van der Waals surface area contributed by atoms with Crippen molar-refractivity contribution in [2.24, 2.45) is 5.41 Å². The number of aromatic nitrogens is 5. The Bertz CT molecular complexity index is 3720. The van der Waals surface area contributed by atoms with E-state index in [4.69, 9.17) is 31.2 Å². The van der Waals surface area contributed by atoms with Crippen molar-refractivity contribution in [1.29, 1.82) is 0 Å². The summed E-state index contributed by atoms with van der Waals surface area (Å²) in [5, 5.41) is 1.81. The second-order valence-electron chi connectivity index (χ2n) is 15.0. The van der Waals surface area contributed by atoms with Gasteiger partial charge in [-0.25, -0.2) is 4.98 Å². The maximum atomic E-state index is 9.00. The number of ether oxygens (including phenoxy) is 1. The van der Waals surface area contributed by atoms with Crippen LogP contribution in [0, 0.1) is 30.8 Å². The van der Waals surface area contributed by atoms with Crippen molar-refractivity contribution in [2.45, 2.75) is 34.1 Å². The van der Waals surface area contributed by atoms with Gasteiger partial charge in [0.1, 0.15) is 5.82 Å².